The van der Waals surface area contributed by atoms with E-state index in [0.717, 1.165) is 25.9 Å². The van der Waals surface area contributed by atoms with Crippen molar-refractivity contribution in [1.82, 2.24) is 14.5 Å². The maximum absolute atomic E-state index is 12.3. The van der Waals surface area contributed by atoms with E-state index in [9.17, 15) is 13.2 Å². The van der Waals surface area contributed by atoms with E-state index >= 15 is 0 Å². The molecule has 0 aromatic rings. The minimum Gasteiger partial charge on any atom is -0.352 e. The Bertz CT molecular complexity index is 486. The average Bonchev–Trinajstić information content (AvgIpc) is 2.44. The lowest BCUT2D eigenvalue weighted by Gasteiger charge is -2.35. The summed E-state index contributed by atoms with van der Waals surface area (Å²) >= 11 is 0. The number of carbonyl (C=O) groups is 1. The van der Waals surface area contributed by atoms with Crippen LogP contribution in [0.4, 0.5) is 0 Å². The fraction of sp³-hybridized carbons (Fsp3) is 0.933. The van der Waals surface area contributed by atoms with Crippen molar-refractivity contribution in [1.29, 1.82) is 0 Å². The highest BCUT2D eigenvalue weighted by Gasteiger charge is 2.31. The van der Waals surface area contributed by atoms with E-state index < -0.39 is 15.8 Å². The lowest BCUT2D eigenvalue weighted by Crippen LogP contribution is -2.51. The van der Waals surface area contributed by atoms with E-state index in [-0.39, 0.29) is 11.9 Å². The van der Waals surface area contributed by atoms with Gasteiger partial charge in [-0.15, -0.1) is 0 Å². The SMILES string of the molecule is CC1CCCC(NC(=O)CS(=O)(=O)N2CCN(C)CC2)C1C. The maximum Gasteiger partial charge on any atom is 0.236 e. The highest BCUT2D eigenvalue weighted by Crippen LogP contribution is 2.29. The lowest BCUT2D eigenvalue weighted by molar-refractivity contribution is -0.120. The van der Waals surface area contributed by atoms with Gasteiger partial charge in [-0.1, -0.05) is 26.7 Å². The summed E-state index contributed by atoms with van der Waals surface area (Å²) in [6, 6.07) is 0.110. The molecule has 6 nitrogen and oxygen atoms in total. The molecule has 3 unspecified atom stereocenters. The molecule has 1 heterocycles. The number of piperazine rings is 1. The highest BCUT2D eigenvalue weighted by molar-refractivity contribution is 7.89. The molecule has 0 spiro atoms. The van der Waals surface area contributed by atoms with Crippen molar-refractivity contribution in [2.75, 3.05) is 39.0 Å². The van der Waals surface area contributed by atoms with Gasteiger partial charge in [0.05, 0.1) is 0 Å². The summed E-state index contributed by atoms with van der Waals surface area (Å²) in [5, 5.41) is 2.95. The summed E-state index contributed by atoms with van der Waals surface area (Å²) in [5.41, 5.74) is 0. The molecule has 0 aromatic heterocycles. The zero-order chi connectivity index (χ0) is 16.3. The van der Waals surface area contributed by atoms with Crippen molar-refractivity contribution in [3.8, 4) is 0 Å². The second kappa shape index (κ2) is 7.27. The maximum atomic E-state index is 12.3. The minimum atomic E-state index is -3.49. The molecule has 1 N–H and O–H groups in total. The number of nitrogens with zero attached hydrogens (tertiary/aromatic N) is 2. The number of carbonyl (C=O) groups excluding carboxylic acids is 1. The fourth-order valence-electron chi connectivity index (χ4n) is 3.36. The average molecular weight is 331 g/mol. The Labute approximate surface area is 134 Å². The summed E-state index contributed by atoms with van der Waals surface area (Å²) in [5.74, 6) is 0.205. The van der Waals surface area contributed by atoms with Crippen LogP contribution in [0, 0.1) is 11.8 Å². The Morgan fingerprint density at radius 1 is 1.14 bits per heavy atom. The number of sulfonamides is 1. The first-order chi connectivity index (χ1) is 10.3. The van der Waals surface area contributed by atoms with Gasteiger partial charge in [0, 0.05) is 32.2 Å². The van der Waals surface area contributed by atoms with Crippen LogP contribution in [-0.4, -0.2) is 68.6 Å². The number of likely N-dealkylation sites (N-methyl/N-ethyl adjacent to an activating group) is 1. The normalized spacial score (nSPS) is 31.9. The number of hydrogen-bond donors (Lipinski definition) is 1. The van der Waals surface area contributed by atoms with Crippen LogP contribution in [0.3, 0.4) is 0 Å². The number of rotatable bonds is 4. The van der Waals surface area contributed by atoms with Gasteiger partial charge in [-0.25, -0.2) is 8.42 Å². The highest BCUT2D eigenvalue weighted by atomic mass is 32.2. The number of hydrogen-bond acceptors (Lipinski definition) is 4. The first-order valence-electron chi connectivity index (χ1n) is 8.25. The topological polar surface area (TPSA) is 69.7 Å². The van der Waals surface area contributed by atoms with Gasteiger partial charge < -0.3 is 10.2 Å². The lowest BCUT2D eigenvalue weighted by atomic mass is 9.78. The van der Waals surface area contributed by atoms with Crippen molar-refractivity contribution in [3.63, 3.8) is 0 Å². The van der Waals surface area contributed by atoms with Crippen LogP contribution >= 0.6 is 0 Å². The second-order valence-electron chi connectivity index (χ2n) is 6.90. The van der Waals surface area contributed by atoms with Gasteiger partial charge in [-0.2, -0.15) is 4.31 Å². The Hall–Kier alpha value is -0.660. The number of nitrogens with one attached hydrogen (secondary N) is 1. The van der Waals surface area contributed by atoms with Crippen molar-refractivity contribution in [3.05, 3.63) is 0 Å². The largest absolute Gasteiger partial charge is 0.352 e. The van der Waals surface area contributed by atoms with Crippen molar-refractivity contribution >= 4 is 15.9 Å². The molecule has 0 aromatic carbocycles. The van der Waals surface area contributed by atoms with Crippen LogP contribution in [0.1, 0.15) is 33.1 Å². The van der Waals surface area contributed by atoms with Gasteiger partial charge in [-0.05, 0) is 25.3 Å². The van der Waals surface area contributed by atoms with Gasteiger partial charge >= 0.3 is 0 Å². The molecule has 0 radical (unpaired) electrons. The minimum absolute atomic E-state index is 0.110. The van der Waals surface area contributed by atoms with Crippen LogP contribution in [-0.2, 0) is 14.8 Å². The van der Waals surface area contributed by atoms with E-state index in [0.29, 0.717) is 24.9 Å². The van der Waals surface area contributed by atoms with Crippen LogP contribution in [0.5, 0.6) is 0 Å². The van der Waals surface area contributed by atoms with Gasteiger partial charge in [0.2, 0.25) is 15.9 Å². The molecule has 2 aliphatic rings. The molecule has 1 aliphatic heterocycles. The molecule has 3 atom stereocenters. The second-order valence-corrected chi connectivity index (χ2v) is 8.87. The van der Waals surface area contributed by atoms with E-state index in [4.69, 9.17) is 0 Å². The molecular weight excluding hydrogens is 302 g/mol. The van der Waals surface area contributed by atoms with E-state index in [1.165, 1.54) is 10.7 Å². The standard InChI is InChI=1S/C15H29N3O3S/c1-12-5-4-6-14(13(12)2)16-15(19)11-22(20,21)18-9-7-17(3)8-10-18/h12-14H,4-11H2,1-3H3,(H,16,19). The Morgan fingerprint density at radius 3 is 2.41 bits per heavy atom. The molecule has 1 aliphatic carbocycles. The monoisotopic (exact) mass is 331 g/mol. The molecular formula is C15H29N3O3S. The third-order valence-corrected chi connectivity index (χ3v) is 7.00. The summed E-state index contributed by atoms with van der Waals surface area (Å²) in [6.07, 6.45) is 3.24. The Morgan fingerprint density at radius 2 is 1.77 bits per heavy atom. The molecule has 22 heavy (non-hydrogen) atoms. The van der Waals surface area contributed by atoms with Crippen molar-refractivity contribution in [2.24, 2.45) is 11.8 Å². The third-order valence-electron chi connectivity index (χ3n) is 5.22. The van der Waals surface area contributed by atoms with Crippen molar-refractivity contribution < 1.29 is 13.2 Å². The quantitative estimate of drug-likeness (QED) is 0.815. The zero-order valence-corrected chi connectivity index (χ0v) is 14.7. The zero-order valence-electron chi connectivity index (χ0n) is 13.9. The first kappa shape index (κ1) is 17.7. The van der Waals surface area contributed by atoms with Gasteiger partial charge in [0.1, 0.15) is 5.75 Å². The first-order valence-corrected chi connectivity index (χ1v) is 9.86. The van der Waals surface area contributed by atoms with E-state index in [1.54, 1.807) is 0 Å². The Balaban J connectivity index is 1.88. The number of amides is 1. The van der Waals surface area contributed by atoms with E-state index in [1.807, 2.05) is 7.05 Å². The molecule has 0 bridgehead atoms. The van der Waals surface area contributed by atoms with Gasteiger partial charge in [-0.3, -0.25) is 4.79 Å². The van der Waals surface area contributed by atoms with E-state index in [2.05, 4.69) is 24.1 Å². The smallest absolute Gasteiger partial charge is 0.236 e. The van der Waals surface area contributed by atoms with Crippen LogP contribution in [0.25, 0.3) is 0 Å². The van der Waals surface area contributed by atoms with Crippen LogP contribution < -0.4 is 5.32 Å². The molecule has 1 saturated carbocycles. The molecule has 7 heteroatoms. The molecule has 128 valence electrons. The van der Waals surface area contributed by atoms with Crippen LogP contribution in [0.15, 0.2) is 0 Å². The van der Waals surface area contributed by atoms with Gasteiger partial charge in [0.25, 0.3) is 0 Å². The summed E-state index contributed by atoms with van der Waals surface area (Å²) in [6.45, 7) is 6.73. The Kier molecular flexibility index (Phi) is 5.85. The predicted octanol–water partition coefficient (Wildman–Crippen LogP) is 0.505. The van der Waals surface area contributed by atoms with Gasteiger partial charge in [0.15, 0.2) is 0 Å². The summed E-state index contributed by atoms with van der Waals surface area (Å²) in [4.78, 5) is 14.3. The third kappa shape index (κ3) is 4.43. The predicted molar refractivity (Wildman–Crippen MR) is 87.0 cm³/mol. The fourth-order valence-corrected chi connectivity index (χ4v) is 4.67. The van der Waals surface area contributed by atoms with Crippen LogP contribution in [0.2, 0.25) is 0 Å². The summed E-state index contributed by atoms with van der Waals surface area (Å²) in [7, 11) is -1.52. The molecule has 1 saturated heterocycles. The molecule has 2 rings (SSSR count). The van der Waals surface area contributed by atoms with Crippen molar-refractivity contribution in [2.45, 2.75) is 39.2 Å². The molecule has 1 amide bonds. The summed E-state index contributed by atoms with van der Waals surface area (Å²) < 4.78 is 26.1. The molecule has 2 fully saturated rings.